The van der Waals surface area contributed by atoms with Crippen molar-refractivity contribution in [1.29, 1.82) is 0 Å². The Kier molecular flexibility index (Phi) is 5.31. The van der Waals surface area contributed by atoms with Crippen molar-refractivity contribution in [2.45, 2.75) is 38.8 Å². The van der Waals surface area contributed by atoms with Crippen LogP contribution in [0.4, 0.5) is 0 Å². The maximum atomic E-state index is 12.5. The molecule has 0 bridgehead atoms. The molecule has 2 N–H and O–H groups in total. The van der Waals surface area contributed by atoms with Crippen LogP contribution in [0.3, 0.4) is 0 Å². The van der Waals surface area contributed by atoms with E-state index in [1.54, 1.807) is 0 Å². The Morgan fingerprint density at radius 1 is 1.19 bits per heavy atom. The van der Waals surface area contributed by atoms with Gasteiger partial charge in [-0.2, -0.15) is 0 Å². The Morgan fingerprint density at radius 3 is 2.29 bits per heavy atom. The molecule has 5 nitrogen and oxygen atoms in total. The number of piperazine rings is 1. The molecule has 0 unspecified atom stereocenters. The summed E-state index contributed by atoms with van der Waals surface area (Å²) in [5.74, 6) is 0.107. The first-order valence-electron chi connectivity index (χ1n) is 7.78. The zero-order chi connectivity index (χ0) is 15.3. The number of hydrogen-bond acceptors (Lipinski definition) is 4. The number of nitrogens with two attached hydrogens (primary N) is 1. The van der Waals surface area contributed by atoms with Gasteiger partial charge in [0.05, 0.1) is 5.54 Å². The summed E-state index contributed by atoms with van der Waals surface area (Å²) in [4.78, 5) is 20.9. The fraction of sp³-hybridized carbons (Fsp3) is 0.625. The maximum Gasteiger partial charge on any atom is 0.242 e. The second-order valence-electron chi connectivity index (χ2n) is 5.79. The number of carbonyl (C=O) groups excluding carboxylic acids is 1. The molecule has 21 heavy (non-hydrogen) atoms. The second-order valence-corrected chi connectivity index (χ2v) is 5.79. The average Bonchev–Trinajstić information content (AvgIpc) is 2.55. The highest BCUT2D eigenvalue weighted by Gasteiger charge is 2.35. The second kappa shape index (κ2) is 7.00. The fourth-order valence-electron chi connectivity index (χ4n) is 2.72. The van der Waals surface area contributed by atoms with Crippen molar-refractivity contribution in [3.8, 4) is 0 Å². The number of carbonyl (C=O) groups is 1. The molecule has 0 saturated carbocycles. The zero-order valence-electron chi connectivity index (χ0n) is 13.1. The van der Waals surface area contributed by atoms with Gasteiger partial charge in [0.1, 0.15) is 0 Å². The van der Waals surface area contributed by atoms with Gasteiger partial charge in [-0.05, 0) is 30.5 Å². The van der Waals surface area contributed by atoms with Crippen LogP contribution in [0.15, 0.2) is 24.5 Å². The van der Waals surface area contributed by atoms with Gasteiger partial charge in [-0.1, -0.05) is 13.8 Å². The van der Waals surface area contributed by atoms with Crippen molar-refractivity contribution in [1.82, 2.24) is 14.8 Å². The Morgan fingerprint density at radius 2 is 1.76 bits per heavy atom. The van der Waals surface area contributed by atoms with E-state index in [1.165, 1.54) is 5.56 Å². The van der Waals surface area contributed by atoms with Crippen molar-refractivity contribution in [2.24, 2.45) is 5.73 Å². The van der Waals surface area contributed by atoms with E-state index in [2.05, 4.69) is 9.88 Å². The van der Waals surface area contributed by atoms with E-state index in [0.29, 0.717) is 12.8 Å². The standard InChI is InChI=1S/C16H26N4O/c1-3-16(17,4-2)15(21)20-11-9-19(10-12-20)13-14-5-7-18-8-6-14/h5-8H,3-4,9-13,17H2,1-2H3. The van der Waals surface area contributed by atoms with Gasteiger partial charge in [0, 0.05) is 45.1 Å². The number of pyridine rings is 1. The average molecular weight is 290 g/mol. The molecule has 1 fully saturated rings. The Bertz CT molecular complexity index is 451. The van der Waals surface area contributed by atoms with E-state index in [4.69, 9.17) is 5.73 Å². The zero-order valence-corrected chi connectivity index (χ0v) is 13.1. The topological polar surface area (TPSA) is 62.5 Å². The molecule has 1 aliphatic rings. The van der Waals surface area contributed by atoms with Gasteiger partial charge < -0.3 is 10.6 Å². The summed E-state index contributed by atoms with van der Waals surface area (Å²) in [7, 11) is 0. The number of aromatic nitrogens is 1. The highest BCUT2D eigenvalue weighted by molar-refractivity contribution is 5.86. The minimum atomic E-state index is -0.687. The van der Waals surface area contributed by atoms with Crippen LogP contribution in [-0.4, -0.2) is 52.4 Å². The summed E-state index contributed by atoms with van der Waals surface area (Å²) in [5, 5.41) is 0. The lowest BCUT2D eigenvalue weighted by Crippen LogP contribution is -2.59. The minimum Gasteiger partial charge on any atom is -0.339 e. The lowest BCUT2D eigenvalue weighted by Gasteiger charge is -2.39. The fourth-order valence-corrected chi connectivity index (χ4v) is 2.72. The molecule has 5 heteroatoms. The lowest BCUT2D eigenvalue weighted by atomic mass is 9.92. The minimum absolute atomic E-state index is 0.107. The third-order valence-corrected chi connectivity index (χ3v) is 4.50. The van der Waals surface area contributed by atoms with Crippen LogP contribution in [0.1, 0.15) is 32.3 Å². The van der Waals surface area contributed by atoms with E-state index >= 15 is 0 Å². The molecule has 2 heterocycles. The van der Waals surface area contributed by atoms with Crippen LogP contribution < -0.4 is 5.73 Å². The molecule has 1 saturated heterocycles. The summed E-state index contributed by atoms with van der Waals surface area (Å²) in [6, 6.07) is 4.08. The first kappa shape index (κ1) is 15.9. The highest BCUT2D eigenvalue weighted by atomic mass is 16.2. The van der Waals surface area contributed by atoms with E-state index in [-0.39, 0.29) is 5.91 Å². The number of hydrogen-bond donors (Lipinski definition) is 1. The third kappa shape index (κ3) is 3.80. The molecule has 0 atom stereocenters. The van der Waals surface area contributed by atoms with Crippen LogP contribution in [0.5, 0.6) is 0 Å². The molecule has 0 aromatic carbocycles. The highest BCUT2D eigenvalue weighted by Crippen LogP contribution is 2.17. The van der Waals surface area contributed by atoms with Crippen molar-refractivity contribution >= 4 is 5.91 Å². The van der Waals surface area contributed by atoms with Gasteiger partial charge in [0.2, 0.25) is 5.91 Å². The van der Waals surface area contributed by atoms with Crippen LogP contribution in [0.25, 0.3) is 0 Å². The lowest BCUT2D eigenvalue weighted by molar-refractivity contribution is -0.139. The van der Waals surface area contributed by atoms with Gasteiger partial charge in [0.25, 0.3) is 0 Å². The van der Waals surface area contributed by atoms with Gasteiger partial charge >= 0.3 is 0 Å². The molecule has 0 radical (unpaired) electrons. The largest absolute Gasteiger partial charge is 0.339 e. The van der Waals surface area contributed by atoms with Crippen LogP contribution in [-0.2, 0) is 11.3 Å². The molecule has 0 spiro atoms. The smallest absolute Gasteiger partial charge is 0.242 e. The quantitative estimate of drug-likeness (QED) is 0.886. The van der Waals surface area contributed by atoms with Crippen LogP contribution in [0, 0.1) is 0 Å². The monoisotopic (exact) mass is 290 g/mol. The van der Waals surface area contributed by atoms with Crippen molar-refractivity contribution in [3.05, 3.63) is 30.1 Å². The van der Waals surface area contributed by atoms with E-state index < -0.39 is 5.54 Å². The van der Waals surface area contributed by atoms with Crippen LogP contribution >= 0.6 is 0 Å². The van der Waals surface area contributed by atoms with Crippen molar-refractivity contribution < 1.29 is 4.79 Å². The summed E-state index contributed by atoms with van der Waals surface area (Å²) >= 11 is 0. The predicted octanol–water partition coefficient (Wildman–Crippen LogP) is 1.24. The van der Waals surface area contributed by atoms with Gasteiger partial charge in [-0.25, -0.2) is 0 Å². The summed E-state index contributed by atoms with van der Waals surface area (Å²) < 4.78 is 0. The Hall–Kier alpha value is -1.46. The number of rotatable bonds is 5. The molecular formula is C16H26N4O. The van der Waals surface area contributed by atoms with Gasteiger partial charge in [0.15, 0.2) is 0 Å². The number of nitrogens with zero attached hydrogens (tertiary/aromatic N) is 3. The van der Waals surface area contributed by atoms with E-state index in [0.717, 1.165) is 32.7 Å². The predicted molar refractivity (Wildman–Crippen MR) is 83.6 cm³/mol. The van der Waals surface area contributed by atoms with Gasteiger partial charge in [-0.15, -0.1) is 0 Å². The van der Waals surface area contributed by atoms with E-state index in [1.807, 2.05) is 43.3 Å². The summed E-state index contributed by atoms with van der Waals surface area (Å²) in [5.41, 5.74) is 6.79. The molecule has 1 aliphatic heterocycles. The molecule has 1 aromatic rings. The van der Waals surface area contributed by atoms with Crippen LogP contribution in [0.2, 0.25) is 0 Å². The Balaban J connectivity index is 1.87. The molecule has 0 aliphatic carbocycles. The molecule has 2 rings (SSSR count). The Labute approximate surface area is 127 Å². The molecule has 1 amide bonds. The molecular weight excluding hydrogens is 264 g/mol. The van der Waals surface area contributed by atoms with Crippen molar-refractivity contribution in [3.63, 3.8) is 0 Å². The summed E-state index contributed by atoms with van der Waals surface area (Å²) in [6.45, 7) is 8.23. The first-order chi connectivity index (χ1) is 10.1. The molecule has 1 aromatic heterocycles. The van der Waals surface area contributed by atoms with Gasteiger partial charge in [-0.3, -0.25) is 14.7 Å². The summed E-state index contributed by atoms with van der Waals surface area (Å²) in [6.07, 6.45) is 5.03. The van der Waals surface area contributed by atoms with E-state index in [9.17, 15) is 4.79 Å². The number of amides is 1. The normalized spacial score (nSPS) is 17.0. The maximum absolute atomic E-state index is 12.5. The molecule has 116 valence electrons. The SMILES string of the molecule is CCC(N)(CC)C(=O)N1CCN(Cc2ccncc2)CC1. The third-order valence-electron chi connectivity index (χ3n) is 4.50. The van der Waals surface area contributed by atoms with Crippen molar-refractivity contribution in [2.75, 3.05) is 26.2 Å². The first-order valence-corrected chi connectivity index (χ1v) is 7.78.